The van der Waals surface area contributed by atoms with E-state index in [1.54, 1.807) is 18.5 Å². The topological polar surface area (TPSA) is 99.8 Å². The Hall–Kier alpha value is -2.37. The van der Waals surface area contributed by atoms with Crippen molar-refractivity contribution in [2.45, 2.75) is 0 Å². The molecule has 2 rings (SSSR count). The number of aromatic nitrogens is 3. The number of amides is 1. The maximum atomic E-state index is 10.8. The average molecular weight is 203 g/mol. The zero-order chi connectivity index (χ0) is 10.8. The zero-order valence-corrected chi connectivity index (χ0v) is 7.79. The van der Waals surface area contributed by atoms with Crippen molar-refractivity contribution in [3.05, 3.63) is 36.4 Å². The third-order valence-corrected chi connectivity index (χ3v) is 1.92. The van der Waals surface area contributed by atoms with Crippen LogP contribution in [-0.2, 0) is 0 Å². The average Bonchev–Trinajstić information content (AvgIpc) is 2.67. The molecule has 0 fully saturated rings. The molecule has 0 aliphatic heterocycles. The van der Waals surface area contributed by atoms with Gasteiger partial charge >= 0.3 is 0 Å². The second kappa shape index (κ2) is 3.41. The van der Waals surface area contributed by atoms with Crippen LogP contribution in [0.4, 0.5) is 5.69 Å². The van der Waals surface area contributed by atoms with Gasteiger partial charge < -0.3 is 11.5 Å². The van der Waals surface area contributed by atoms with Crippen LogP contribution in [0, 0.1) is 0 Å². The predicted molar refractivity (Wildman–Crippen MR) is 54.3 cm³/mol. The van der Waals surface area contributed by atoms with Crippen molar-refractivity contribution in [3.8, 4) is 5.69 Å². The van der Waals surface area contributed by atoms with Crippen molar-refractivity contribution < 1.29 is 4.79 Å². The molecule has 0 aliphatic rings. The number of nitrogen functional groups attached to an aromatic ring is 1. The first-order valence-corrected chi connectivity index (χ1v) is 4.24. The van der Waals surface area contributed by atoms with Gasteiger partial charge in [-0.2, -0.15) is 5.10 Å². The van der Waals surface area contributed by atoms with Crippen molar-refractivity contribution in [3.63, 3.8) is 0 Å². The lowest BCUT2D eigenvalue weighted by Crippen LogP contribution is -2.12. The van der Waals surface area contributed by atoms with E-state index >= 15 is 0 Å². The second-order valence-electron chi connectivity index (χ2n) is 2.94. The van der Waals surface area contributed by atoms with Gasteiger partial charge in [-0.05, 0) is 12.1 Å². The molecule has 0 aliphatic carbocycles. The Morgan fingerprint density at radius 3 is 2.80 bits per heavy atom. The minimum absolute atomic E-state index is 0.200. The summed E-state index contributed by atoms with van der Waals surface area (Å²) in [6.07, 6.45) is 4.73. The monoisotopic (exact) mass is 203 g/mol. The summed E-state index contributed by atoms with van der Waals surface area (Å²) in [6, 6.07) is 3.23. The van der Waals surface area contributed by atoms with E-state index in [1.165, 1.54) is 16.9 Å². The normalized spacial score (nSPS) is 10.1. The fourth-order valence-corrected chi connectivity index (χ4v) is 1.20. The number of hydrogen-bond acceptors (Lipinski definition) is 4. The number of nitrogens with two attached hydrogens (primary N) is 2. The smallest absolute Gasteiger partial charge is 0.269 e. The van der Waals surface area contributed by atoms with Crippen LogP contribution < -0.4 is 11.5 Å². The highest BCUT2D eigenvalue weighted by Crippen LogP contribution is 2.13. The molecule has 0 radical (unpaired) electrons. The Kier molecular flexibility index (Phi) is 2.09. The summed E-state index contributed by atoms with van der Waals surface area (Å²) in [5, 5.41) is 3.98. The first kappa shape index (κ1) is 9.20. The van der Waals surface area contributed by atoms with Gasteiger partial charge in [-0.1, -0.05) is 0 Å². The van der Waals surface area contributed by atoms with E-state index in [9.17, 15) is 4.79 Å². The second-order valence-corrected chi connectivity index (χ2v) is 2.94. The summed E-state index contributed by atoms with van der Waals surface area (Å²) in [6.45, 7) is 0. The molecule has 0 aromatic carbocycles. The summed E-state index contributed by atoms with van der Waals surface area (Å²) in [5.41, 5.74) is 12.1. The molecule has 1 amide bonds. The van der Waals surface area contributed by atoms with Gasteiger partial charge in [-0.3, -0.25) is 9.78 Å². The molecule has 4 N–H and O–H groups in total. The van der Waals surface area contributed by atoms with E-state index in [-0.39, 0.29) is 5.69 Å². The van der Waals surface area contributed by atoms with E-state index < -0.39 is 5.91 Å². The quantitative estimate of drug-likeness (QED) is 0.714. The third-order valence-electron chi connectivity index (χ3n) is 1.92. The molecule has 2 aromatic rings. The molecule has 2 aromatic heterocycles. The standard InChI is InChI=1S/C9H9N5O/c10-6-5-12-3-1-8(6)14-4-2-7(13-14)9(11)15/h1-5H,10H2,(H2,11,15). The molecule has 2 heterocycles. The van der Waals surface area contributed by atoms with E-state index in [1.807, 2.05) is 0 Å². The molecule has 6 heteroatoms. The molecule has 0 spiro atoms. The van der Waals surface area contributed by atoms with Gasteiger partial charge in [0.25, 0.3) is 5.91 Å². The summed E-state index contributed by atoms with van der Waals surface area (Å²) in [4.78, 5) is 14.7. The lowest BCUT2D eigenvalue weighted by atomic mass is 10.3. The van der Waals surface area contributed by atoms with Gasteiger partial charge in [-0.15, -0.1) is 0 Å². The Labute approximate surface area is 85.5 Å². The Morgan fingerprint density at radius 2 is 2.20 bits per heavy atom. The largest absolute Gasteiger partial charge is 0.396 e. The molecule has 0 saturated heterocycles. The van der Waals surface area contributed by atoms with Crippen molar-refractivity contribution in [2.75, 3.05) is 5.73 Å². The summed E-state index contributed by atoms with van der Waals surface area (Å²) in [7, 11) is 0. The lowest BCUT2D eigenvalue weighted by molar-refractivity contribution is 0.0995. The highest BCUT2D eigenvalue weighted by atomic mass is 16.1. The van der Waals surface area contributed by atoms with E-state index in [0.717, 1.165) is 0 Å². The van der Waals surface area contributed by atoms with Crippen molar-refractivity contribution in [1.82, 2.24) is 14.8 Å². The van der Waals surface area contributed by atoms with Gasteiger partial charge in [-0.25, -0.2) is 4.68 Å². The molecule has 15 heavy (non-hydrogen) atoms. The van der Waals surface area contributed by atoms with Gasteiger partial charge in [0.05, 0.1) is 17.6 Å². The highest BCUT2D eigenvalue weighted by molar-refractivity contribution is 5.90. The number of nitrogens with zero attached hydrogens (tertiary/aromatic N) is 3. The number of carbonyl (C=O) groups is 1. The predicted octanol–water partition coefficient (Wildman–Crippen LogP) is -0.0516. The lowest BCUT2D eigenvalue weighted by Gasteiger charge is -2.03. The first-order valence-electron chi connectivity index (χ1n) is 4.24. The van der Waals surface area contributed by atoms with Crippen LogP contribution in [0.2, 0.25) is 0 Å². The molecule has 6 nitrogen and oxygen atoms in total. The fourth-order valence-electron chi connectivity index (χ4n) is 1.20. The Balaban J connectivity index is 2.46. The summed E-state index contributed by atoms with van der Waals surface area (Å²) >= 11 is 0. The SMILES string of the molecule is NC(=O)c1ccn(-c2ccncc2N)n1. The number of anilines is 1. The Bertz CT molecular complexity index is 505. The molecule has 0 bridgehead atoms. The van der Waals surface area contributed by atoms with Crippen LogP contribution in [-0.4, -0.2) is 20.7 Å². The highest BCUT2D eigenvalue weighted by Gasteiger charge is 2.07. The summed E-state index contributed by atoms with van der Waals surface area (Å²) < 4.78 is 1.48. The maximum Gasteiger partial charge on any atom is 0.269 e. The molecular formula is C9H9N5O. The molecule has 0 saturated carbocycles. The van der Waals surface area contributed by atoms with Crippen molar-refractivity contribution in [1.29, 1.82) is 0 Å². The van der Waals surface area contributed by atoms with Crippen LogP contribution in [0.15, 0.2) is 30.7 Å². The Morgan fingerprint density at radius 1 is 1.40 bits per heavy atom. The molecule has 0 atom stereocenters. The van der Waals surface area contributed by atoms with Crippen molar-refractivity contribution in [2.24, 2.45) is 5.73 Å². The number of primary amides is 1. The van der Waals surface area contributed by atoms with Gasteiger partial charge in [0.2, 0.25) is 0 Å². The minimum Gasteiger partial charge on any atom is -0.396 e. The first-order chi connectivity index (χ1) is 7.18. The van der Waals surface area contributed by atoms with E-state index in [2.05, 4.69) is 10.1 Å². The van der Waals surface area contributed by atoms with Gasteiger partial charge in [0, 0.05) is 12.4 Å². The third kappa shape index (κ3) is 1.64. The van der Waals surface area contributed by atoms with E-state index in [4.69, 9.17) is 11.5 Å². The zero-order valence-electron chi connectivity index (χ0n) is 7.79. The molecular weight excluding hydrogens is 194 g/mol. The number of carbonyl (C=O) groups excluding carboxylic acids is 1. The minimum atomic E-state index is -0.568. The van der Waals surface area contributed by atoms with Crippen LogP contribution in [0.1, 0.15) is 10.5 Å². The van der Waals surface area contributed by atoms with Crippen LogP contribution in [0.3, 0.4) is 0 Å². The van der Waals surface area contributed by atoms with E-state index in [0.29, 0.717) is 11.4 Å². The number of rotatable bonds is 2. The molecule has 76 valence electrons. The number of hydrogen-bond donors (Lipinski definition) is 2. The maximum absolute atomic E-state index is 10.8. The fraction of sp³-hybridized carbons (Fsp3) is 0. The van der Waals surface area contributed by atoms with Crippen LogP contribution in [0.5, 0.6) is 0 Å². The molecule has 0 unspecified atom stereocenters. The summed E-state index contributed by atoms with van der Waals surface area (Å²) in [5.74, 6) is -0.568. The number of pyridine rings is 1. The van der Waals surface area contributed by atoms with Crippen LogP contribution >= 0.6 is 0 Å². The van der Waals surface area contributed by atoms with Crippen LogP contribution in [0.25, 0.3) is 5.69 Å². The van der Waals surface area contributed by atoms with Gasteiger partial charge in [0.15, 0.2) is 0 Å². The van der Waals surface area contributed by atoms with Crippen molar-refractivity contribution >= 4 is 11.6 Å². The van der Waals surface area contributed by atoms with Gasteiger partial charge in [0.1, 0.15) is 5.69 Å².